The number of nitrogens with zero attached hydrogens (tertiary/aromatic N) is 1. The van der Waals surface area contributed by atoms with Crippen molar-refractivity contribution in [2.24, 2.45) is 0 Å². The molecule has 102 valence electrons. The molecule has 0 fully saturated rings. The Morgan fingerprint density at radius 3 is 2.65 bits per heavy atom. The zero-order valence-electron chi connectivity index (χ0n) is 10.3. The first-order valence-electron chi connectivity index (χ1n) is 5.71. The molecule has 0 saturated heterocycles. The van der Waals surface area contributed by atoms with Crippen LogP contribution in [0.15, 0.2) is 42.5 Å². The van der Waals surface area contributed by atoms with Crippen LogP contribution in [-0.4, -0.2) is 11.2 Å². The van der Waals surface area contributed by atoms with Gasteiger partial charge in [-0.25, -0.2) is 4.39 Å². The summed E-state index contributed by atoms with van der Waals surface area (Å²) in [5.74, 6) is -0.455. The molecule has 0 saturated carbocycles. The van der Waals surface area contributed by atoms with Crippen molar-refractivity contribution in [1.29, 1.82) is 0 Å². The van der Waals surface area contributed by atoms with E-state index in [1.807, 2.05) is 0 Å². The maximum Gasteiger partial charge on any atom is 0.311 e. The van der Waals surface area contributed by atoms with Crippen LogP contribution in [0.1, 0.15) is 15.9 Å². The molecule has 0 atom stereocenters. The van der Waals surface area contributed by atoms with E-state index in [0.29, 0.717) is 11.8 Å². The lowest BCUT2D eigenvalue weighted by Crippen LogP contribution is -2.01. The molecule has 2 aromatic carbocycles. The van der Waals surface area contributed by atoms with Crippen LogP contribution in [0.25, 0.3) is 0 Å². The van der Waals surface area contributed by atoms with Gasteiger partial charge >= 0.3 is 5.69 Å². The summed E-state index contributed by atoms with van der Waals surface area (Å²) in [6, 6.07) is 9.83. The number of carbonyl (C=O) groups is 1. The molecule has 0 aliphatic rings. The summed E-state index contributed by atoms with van der Waals surface area (Å²) >= 11 is 0. The molecule has 0 bridgehead atoms. The molecular weight excluding hydrogens is 265 g/mol. The number of nitro groups is 1. The fourth-order valence-corrected chi connectivity index (χ4v) is 1.64. The highest BCUT2D eigenvalue weighted by atomic mass is 19.1. The maximum atomic E-state index is 13.4. The van der Waals surface area contributed by atoms with Crippen LogP contribution in [0.5, 0.6) is 5.75 Å². The van der Waals surface area contributed by atoms with Crippen LogP contribution in [0.3, 0.4) is 0 Å². The van der Waals surface area contributed by atoms with Gasteiger partial charge in [0.15, 0.2) is 5.75 Å². The lowest BCUT2D eigenvalue weighted by molar-refractivity contribution is -0.386. The third-order valence-corrected chi connectivity index (χ3v) is 2.66. The fraction of sp³-hybridized carbons (Fsp3) is 0.0714. The third-order valence-electron chi connectivity index (χ3n) is 2.66. The first kappa shape index (κ1) is 13.7. The first-order chi connectivity index (χ1) is 9.61. The molecule has 0 aromatic heterocycles. The molecule has 0 unspecified atom stereocenters. The predicted octanol–water partition coefficient (Wildman–Crippen LogP) is 3.13. The van der Waals surface area contributed by atoms with Crippen molar-refractivity contribution in [1.82, 2.24) is 0 Å². The minimum Gasteiger partial charge on any atom is -0.482 e. The molecule has 20 heavy (non-hydrogen) atoms. The van der Waals surface area contributed by atoms with Gasteiger partial charge in [0.1, 0.15) is 18.7 Å². The number of ether oxygens (including phenoxy) is 1. The van der Waals surface area contributed by atoms with E-state index in [1.165, 1.54) is 24.3 Å². The van der Waals surface area contributed by atoms with Gasteiger partial charge in [-0.3, -0.25) is 14.9 Å². The Morgan fingerprint density at radius 1 is 1.25 bits per heavy atom. The zero-order valence-corrected chi connectivity index (χ0v) is 10.3. The number of halogens is 1. The van der Waals surface area contributed by atoms with Crippen LogP contribution >= 0.6 is 0 Å². The molecular formula is C14H10FNO4. The van der Waals surface area contributed by atoms with Crippen LogP contribution in [0.2, 0.25) is 0 Å². The van der Waals surface area contributed by atoms with E-state index in [9.17, 15) is 19.3 Å². The Labute approximate surface area is 113 Å². The number of hydrogen-bond donors (Lipinski definition) is 0. The summed E-state index contributed by atoms with van der Waals surface area (Å²) in [7, 11) is 0. The number of carbonyl (C=O) groups excluding carboxylic acids is 1. The number of rotatable bonds is 5. The third kappa shape index (κ3) is 2.97. The monoisotopic (exact) mass is 275 g/mol. The van der Waals surface area contributed by atoms with Crippen molar-refractivity contribution in [2.45, 2.75) is 6.61 Å². The highest BCUT2D eigenvalue weighted by Gasteiger charge is 2.16. The van der Waals surface area contributed by atoms with E-state index < -0.39 is 10.7 Å². The van der Waals surface area contributed by atoms with Crippen LogP contribution in [-0.2, 0) is 6.61 Å². The standard InChI is InChI=1S/C14H10FNO4/c15-12-4-2-1-3-11(12)9-20-14-6-5-10(8-17)7-13(14)16(18)19/h1-8H,9H2. The summed E-state index contributed by atoms with van der Waals surface area (Å²) < 4.78 is 18.7. The summed E-state index contributed by atoms with van der Waals surface area (Å²) in [5.41, 5.74) is 0.141. The van der Waals surface area contributed by atoms with Crippen LogP contribution < -0.4 is 4.74 Å². The largest absolute Gasteiger partial charge is 0.482 e. The SMILES string of the molecule is O=Cc1ccc(OCc2ccccc2F)c([N+](=O)[O-])c1. The second-order valence-electron chi connectivity index (χ2n) is 3.98. The van der Waals surface area contributed by atoms with Crippen molar-refractivity contribution in [2.75, 3.05) is 0 Å². The van der Waals surface area contributed by atoms with Crippen LogP contribution in [0, 0.1) is 15.9 Å². The molecule has 0 aliphatic carbocycles. The lowest BCUT2D eigenvalue weighted by atomic mass is 10.2. The van der Waals surface area contributed by atoms with Gasteiger partial charge < -0.3 is 4.74 Å². The van der Waals surface area contributed by atoms with E-state index in [-0.39, 0.29) is 23.6 Å². The van der Waals surface area contributed by atoms with Gasteiger partial charge in [0, 0.05) is 17.2 Å². The molecule has 0 amide bonds. The number of nitro benzene ring substituents is 1. The summed E-state index contributed by atoms with van der Waals surface area (Å²) in [6.07, 6.45) is 0.508. The highest BCUT2D eigenvalue weighted by Crippen LogP contribution is 2.28. The quantitative estimate of drug-likeness (QED) is 0.477. The Kier molecular flexibility index (Phi) is 4.05. The highest BCUT2D eigenvalue weighted by molar-refractivity contribution is 5.77. The summed E-state index contributed by atoms with van der Waals surface area (Å²) in [6.45, 7) is -0.131. The van der Waals surface area contributed by atoms with Crippen molar-refractivity contribution in [3.05, 3.63) is 69.5 Å². The normalized spacial score (nSPS) is 10.1. The second-order valence-corrected chi connectivity index (χ2v) is 3.98. The summed E-state index contributed by atoms with van der Waals surface area (Å²) in [5, 5.41) is 10.9. The van der Waals surface area contributed by atoms with Crippen molar-refractivity contribution >= 4 is 12.0 Å². The fourth-order valence-electron chi connectivity index (χ4n) is 1.64. The van der Waals surface area contributed by atoms with E-state index >= 15 is 0 Å². The zero-order chi connectivity index (χ0) is 14.5. The van der Waals surface area contributed by atoms with Gasteiger partial charge in [-0.2, -0.15) is 0 Å². The molecule has 0 spiro atoms. The Morgan fingerprint density at radius 2 is 2.00 bits per heavy atom. The van der Waals surface area contributed by atoms with E-state index in [2.05, 4.69) is 0 Å². The Balaban J connectivity index is 2.23. The molecule has 0 heterocycles. The molecule has 0 N–H and O–H groups in total. The maximum absolute atomic E-state index is 13.4. The van der Waals surface area contributed by atoms with Gasteiger partial charge in [-0.1, -0.05) is 18.2 Å². The van der Waals surface area contributed by atoms with Gasteiger partial charge in [0.05, 0.1) is 4.92 Å². The summed E-state index contributed by atoms with van der Waals surface area (Å²) in [4.78, 5) is 20.9. The van der Waals surface area contributed by atoms with E-state index in [0.717, 1.165) is 6.07 Å². The first-order valence-corrected chi connectivity index (χ1v) is 5.71. The minimum absolute atomic E-state index is 0.0103. The van der Waals surface area contributed by atoms with E-state index in [1.54, 1.807) is 12.1 Å². The van der Waals surface area contributed by atoms with Gasteiger partial charge in [-0.05, 0) is 18.2 Å². The average Bonchev–Trinajstić information content (AvgIpc) is 2.46. The molecule has 0 radical (unpaired) electrons. The number of aldehydes is 1. The molecule has 2 rings (SSSR count). The van der Waals surface area contributed by atoms with Crippen molar-refractivity contribution in [3.63, 3.8) is 0 Å². The predicted molar refractivity (Wildman–Crippen MR) is 69.2 cm³/mol. The van der Waals surface area contributed by atoms with Crippen molar-refractivity contribution < 1.29 is 18.8 Å². The van der Waals surface area contributed by atoms with Crippen LogP contribution in [0.4, 0.5) is 10.1 Å². The number of benzene rings is 2. The Bertz CT molecular complexity index is 657. The van der Waals surface area contributed by atoms with Gasteiger partial charge in [-0.15, -0.1) is 0 Å². The molecule has 5 nitrogen and oxygen atoms in total. The number of hydrogen-bond acceptors (Lipinski definition) is 4. The average molecular weight is 275 g/mol. The topological polar surface area (TPSA) is 69.4 Å². The van der Waals surface area contributed by atoms with Gasteiger partial charge in [0.25, 0.3) is 0 Å². The molecule has 2 aromatic rings. The smallest absolute Gasteiger partial charge is 0.311 e. The Hall–Kier alpha value is -2.76. The second kappa shape index (κ2) is 5.92. The molecule has 0 aliphatic heterocycles. The minimum atomic E-state index is -0.649. The van der Waals surface area contributed by atoms with Gasteiger partial charge in [0.2, 0.25) is 0 Å². The van der Waals surface area contributed by atoms with E-state index in [4.69, 9.17) is 4.74 Å². The van der Waals surface area contributed by atoms with Crippen molar-refractivity contribution in [3.8, 4) is 5.75 Å². The lowest BCUT2D eigenvalue weighted by Gasteiger charge is -2.07. The molecule has 6 heteroatoms.